The van der Waals surface area contributed by atoms with Gasteiger partial charge in [0.25, 0.3) is 5.69 Å². The molecule has 1 heterocycles. The van der Waals surface area contributed by atoms with Crippen molar-refractivity contribution in [2.75, 3.05) is 6.61 Å². The molecule has 0 N–H and O–H groups in total. The van der Waals surface area contributed by atoms with E-state index < -0.39 is 4.92 Å². The normalized spacial score (nSPS) is 21.3. The maximum Gasteiger partial charge on any atom is 0.273 e. The molecule has 0 aromatic heterocycles. The van der Waals surface area contributed by atoms with Crippen LogP contribution in [0, 0.1) is 10.1 Å². The van der Waals surface area contributed by atoms with E-state index in [-0.39, 0.29) is 17.4 Å². The highest BCUT2D eigenvalue weighted by Crippen LogP contribution is 2.32. The number of nitro benzene ring substituents is 1. The van der Waals surface area contributed by atoms with E-state index in [0.29, 0.717) is 17.4 Å². The Morgan fingerprint density at radius 1 is 1.58 bits per heavy atom. The van der Waals surface area contributed by atoms with Crippen molar-refractivity contribution in [1.29, 1.82) is 0 Å². The summed E-state index contributed by atoms with van der Waals surface area (Å²) in [5.41, 5.74) is -0.160. The third-order valence-corrected chi connectivity index (χ3v) is 3.42. The lowest BCUT2D eigenvalue weighted by molar-refractivity contribution is -0.384. The number of nitro groups is 1. The van der Waals surface area contributed by atoms with Gasteiger partial charge in [-0.05, 0) is 32.8 Å². The SMILES string of the molecule is CC1(C)CCC(COc2cc([N+](=O)[O-])ccc2Cl)O1. The highest BCUT2D eigenvalue weighted by atomic mass is 35.5. The van der Waals surface area contributed by atoms with Gasteiger partial charge in [-0.3, -0.25) is 10.1 Å². The van der Waals surface area contributed by atoms with Crippen molar-refractivity contribution >= 4 is 17.3 Å². The fraction of sp³-hybridized carbons (Fsp3) is 0.538. The second-order valence-electron chi connectivity index (χ2n) is 5.22. The molecule has 104 valence electrons. The van der Waals surface area contributed by atoms with Gasteiger partial charge in [-0.25, -0.2) is 0 Å². The van der Waals surface area contributed by atoms with Gasteiger partial charge in [-0.2, -0.15) is 0 Å². The molecule has 1 aliphatic rings. The molecule has 0 amide bonds. The van der Waals surface area contributed by atoms with Crippen LogP contribution < -0.4 is 4.74 Å². The zero-order valence-electron chi connectivity index (χ0n) is 10.9. The number of ether oxygens (including phenoxy) is 2. The molecule has 6 heteroatoms. The molecule has 0 radical (unpaired) electrons. The highest BCUT2D eigenvalue weighted by Gasteiger charge is 2.32. The summed E-state index contributed by atoms with van der Waals surface area (Å²) in [4.78, 5) is 10.2. The van der Waals surface area contributed by atoms with Crippen LogP contribution in [-0.2, 0) is 4.74 Å². The lowest BCUT2D eigenvalue weighted by Crippen LogP contribution is -2.23. The summed E-state index contributed by atoms with van der Waals surface area (Å²) in [6.07, 6.45) is 1.90. The van der Waals surface area contributed by atoms with E-state index in [0.717, 1.165) is 12.8 Å². The Balaban J connectivity index is 2.00. The molecule has 1 unspecified atom stereocenters. The first-order valence-corrected chi connectivity index (χ1v) is 6.50. The van der Waals surface area contributed by atoms with Gasteiger partial charge in [0.05, 0.1) is 27.7 Å². The second-order valence-corrected chi connectivity index (χ2v) is 5.63. The van der Waals surface area contributed by atoms with Gasteiger partial charge in [0.15, 0.2) is 0 Å². The van der Waals surface area contributed by atoms with Crippen LogP contribution in [0.1, 0.15) is 26.7 Å². The first kappa shape index (κ1) is 14.1. The first-order valence-electron chi connectivity index (χ1n) is 6.12. The summed E-state index contributed by atoms with van der Waals surface area (Å²) < 4.78 is 11.3. The van der Waals surface area contributed by atoms with Gasteiger partial charge in [-0.1, -0.05) is 11.6 Å². The molecule has 0 aliphatic carbocycles. The van der Waals surface area contributed by atoms with E-state index in [9.17, 15) is 10.1 Å². The van der Waals surface area contributed by atoms with Crippen molar-refractivity contribution in [2.45, 2.75) is 38.4 Å². The number of non-ortho nitro benzene ring substituents is 1. The molecule has 1 aliphatic heterocycles. The third-order valence-electron chi connectivity index (χ3n) is 3.10. The maximum absolute atomic E-state index is 10.7. The quantitative estimate of drug-likeness (QED) is 0.626. The average molecular weight is 286 g/mol. The number of hydrogen-bond donors (Lipinski definition) is 0. The van der Waals surface area contributed by atoms with Crippen molar-refractivity contribution in [1.82, 2.24) is 0 Å². The Morgan fingerprint density at radius 3 is 2.89 bits per heavy atom. The minimum atomic E-state index is -0.474. The van der Waals surface area contributed by atoms with Crippen LogP contribution in [0.25, 0.3) is 0 Å². The topological polar surface area (TPSA) is 61.6 Å². The van der Waals surface area contributed by atoms with Crippen LogP contribution >= 0.6 is 11.6 Å². The minimum Gasteiger partial charge on any atom is -0.489 e. The number of halogens is 1. The van der Waals surface area contributed by atoms with E-state index in [1.54, 1.807) is 0 Å². The summed E-state index contributed by atoms with van der Waals surface area (Å²) in [5.74, 6) is 0.323. The zero-order valence-corrected chi connectivity index (χ0v) is 11.6. The second kappa shape index (κ2) is 5.35. The number of hydrogen-bond acceptors (Lipinski definition) is 4. The van der Waals surface area contributed by atoms with Crippen molar-refractivity contribution in [3.05, 3.63) is 33.3 Å². The molecule has 0 spiro atoms. The number of rotatable bonds is 4. The smallest absolute Gasteiger partial charge is 0.273 e. The zero-order chi connectivity index (χ0) is 14.0. The Hall–Kier alpha value is -1.33. The Bertz CT molecular complexity index is 490. The fourth-order valence-electron chi connectivity index (χ4n) is 2.09. The van der Waals surface area contributed by atoms with Crippen LogP contribution in [0.15, 0.2) is 18.2 Å². The molecule has 1 aromatic carbocycles. The van der Waals surface area contributed by atoms with Crippen molar-refractivity contribution < 1.29 is 14.4 Å². The summed E-state index contributed by atoms with van der Waals surface area (Å²) in [6, 6.07) is 4.15. The van der Waals surface area contributed by atoms with E-state index in [4.69, 9.17) is 21.1 Å². The van der Waals surface area contributed by atoms with Gasteiger partial charge in [0.2, 0.25) is 0 Å². The van der Waals surface area contributed by atoms with Gasteiger partial charge in [0, 0.05) is 6.07 Å². The first-order chi connectivity index (χ1) is 8.87. The van der Waals surface area contributed by atoms with Crippen molar-refractivity contribution in [3.63, 3.8) is 0 Å². The van der Waals surface area contributed by atoms with Crippen LogP contribution in [0.2, 0.25) is 5.02 Å². The summed E-state index contributed by atoms with van der Waals surface area (Å²) in [6.45, 7) is 4.42. The standard InChI is InChI=1S/C13H16ClNO4/c1-13(2)6-5-10(19-13)8-18-12-7-9(15(16)17)3-4-11(12)14/h3-4,7,10H,5-6,8H2,1-2H3. The van der Waals surface area contributed by atoms with Gasteiger partial charge in [0.1, 0.15) is 12.4 Å². The largest absolute Gasteiger partial charge is 0.489 e. The molecule has 0 bridgehead atoms. The molecule has 1 saturated heterocycles. The van der Waals surface area contributed by atoms with E-state index in [1.807, 2.05) is 13.8 Å². The van der Waals surface area contributed by atoms with Gasteiger partial charge >= 0.3 is 0 Å². The summed E-state index contributed by atoms with van der Waals surface area (Å²) >= 11 is 5.95. The van der Waals surface area contributed by atoms with Crippen LogP contribution in [0.5, 0.6) is 5.75 Å². The molecule has 0 saturated carbocycles. The van der Waals surface area contributed by atoms with Crippen LogP contribution in [-0.4, -0.2) is 23.2 Å². The summed E-state index contributed by atoms with van der Waals surface area (Å²) in [5, 5.41) is 11.1. The third kappa shape index (κ3) is 3.58. The molecule has 1 fully saturated rings. The monoisotopic (exact) mass is 285 g/mol. The lowest BCUT2D eigenvalue weighted by Gasteiger charge is -2.19. The molecule has 1 atom stereocenters. The lowest BCUT2D eigenvalue weighted by atomic mass is 10.1. The Morgan fingerprint density at radius 2 is 2.32 bits per heavy atom. The Kier molecular flexibility index (Phi) is 3.96. The molecular formula is C13H16ClNO4. The molecule has 19 heavy (non-hydrogen) atoms. The average Bonchev–Trinajstić information content (AvgIpc) is 2.67. The Labute approximate surface area is 116 Å². The molecular weight excluding hydrogens is 270 g/mol. The fourth-order valence-corrected chi connectivity index (χ4v) is 2.27. The highest BCUT2D eigenvalue weighted by molar-refractivity contribution is 6.32. The number of benzene rings is 1. The van der Waals surface area contributed by atoms with Crippen molar-refractivity contribution in [2.24, 2.45) is 0 Å². The van der Waals surface area contributed by atoms with Gasteiger partial charge in [-0.15, -0.1) is 0 Å². The molecule has 2 rings (SSSR count). The van der Waals surface area contributed by atoms with Crippen LogP contribution in [0.3, 0.4) is 0 Å². The van der Waals surface area contributed by atoms with E-state index >= 15 is 0 Å². The van der Waals surface area contributed by atoms with E-state index in [2.05, 4.69) is 0 Å². The minimum absolute atomic E-state index is 0.00493. The predicted molar refractivity (Wildman–Crippen MR) is 71.8 cm³/mol. The number of nitrogens with zero attached hydrogens (tertiary/aromatic N) is 1. The predicted octanol–water partition coefficient (Wildman–Crippen LogP) is 3.58. The molecule has 1 aromatic rings. The maximum atomic E-state index is 10.7. The van der Waals surface area contributed by atoms with Crippen LogP contribution in [0.4, 0.5) is 5.69 Å². The molecule has 5 nitrogen and oxygen atoms in total. The van der Waals surface area contributed by atoms with E-state index in [1.165, 1.54) is 18.2 Å². The van der Waals surface area contributed by atoms with Crippen molar-refractivity contribution in [3.8, 4) is 5.75 Å². The summed E-state index contributed by atoms with van der Waals surface area (Å²) in [7, 11) is 0. The van der Waals surface area contributed by atoms with Gasteiger partial charge < -0.3 is 9.47 Å².